The van der Waals surface area contributed by atoms with Gasteiger partial charge in [0.05, 0.1) is 0 Å². The fraction of sp³-hybridized carbons (Fsp3) is 0.583. The van der Waals surface area contributed by atoms with Crippen LogP contribution in [0.3, 0.4) is 0 Å². The number of carboxylic acid groups (broad SMARTS) is 1. The molecule has 0 bridgehead atoms. The Morgan fingerprint density at radius 2 is 2.07 bits per heavy atom. The summed E-state index contributed by atoms with van der Waals surface area (Å²) in [5, 5.41) is 8.42. The van der Waals surface area contributed by atoms with Crippen LogP contribution in [0, 0.1) is 5.92 Å². The van der Waals surface area contributed by atoms with Gasteiger partial charge in [0.2, 0.25) is 0 Å². The lowest BCUT2D eigenvalue weighted by molar-refractivity contribution is -0.131. The number of carbonyl (C=O) groups is 1. The van der Waals surface area contributed by atoms with E-state index in [0.29, 0.717) is 5.92 Å². The molecule has 0 aliphatic rings. The van der Waals surface area contributed by atoms with Gasteiger partial charge in [-0.3, -0.25) is 0 Å². The minimum Gasteiger partial charge on any atom is -0.478 e. The average molecular weight is 196 g/mol. The third-order valence-corrected chi connectivity index (χ3v) is 2.05. The van der Waals surface area contributed by atoms with E-state index in [-0.39, 0.29) is 0 Å². The zero-order valence-corrected chi connectivity index (χ0v) is 9.29. The highest BCUT2D eigenvalue weighted by Gasteiger charge is 1.97. The standard InChI is InChI=1S/C12H20O2/c1-4-5-6-10(2)9-11(3)7-8-12(13)14/h7-10H,4-6H2,1-3H3,(H,13,14)/b8-7+,11-9+/t10-/m0/s1. The first-order chi connectivity index (χ1) is 6.56. The minimum absolute atomic E-state index is 0.536. The maximum Gasteiger partial charge on any atom is 0.328 e. The molecule has 0 aromatic carbocycles. The fourth-order valence-electron chi connectivity index (χ4n) is 1.32. The molecule has 0 saturated heterocycles. The monoisotopic (exact) mass is 196 g/mol. The zero-order valence-electron chi connectivity index (χ0n) is 9.29. The molecule has 0 aliphatic carbocycles. The number of unbranched alkanes of at least 4 members (excludes halogenated alkanes) is 1. The SMILES string of the molecule is CCCC[C@H](C)/C=C(C)/C=C/C(=O)O. The topological polar surface area (TPSA) is 37.3 Å². The van der Waals surface area contributed by atoms with Crippen LogP contribution in [0.1, 0.15) is 40.0 Å². The molecule has 0 aromatic heterocycles. The highest BCUT2D eigenvalue weighted by atomic mass is 16.4. The molecule has 0 rings (SSSR count). The highest BCUT2D eigenvalue weighted by molar-refractivity contribution is 5.80. The second-order valence-corrected chi connectivity index (χ2v) is 3.70. The third kappa shape index (κ3) is 7.59. The van der Waals surface area contributed by atoms with Gasteiger partial charge >= 0.3 is 5.97 Å². The summed E-state index contributed by atoms with van der Waals surface area (Å²) in [5.41, 5.74) is 1.02. The van der Waals surface area contributed by atoms with Gasteiger partial charge in [0.15, 0.2) is 0 Å². The molecular weight excluding hydrogens is 176 g/mol. The summed E-state index contributed by atoms with van der Waals surface area (Å²) in [6.45, 7) is 6.27. The van der Waals surface area contributed by atoms with Gasteiger partial charge in [0.1, 0.15) is 0 Å². The molecule has 0 saturated carbocycles. The largest absolute Gasteiger partial charge is 0.478 e. The summed E-state index contributed by atoms with van der Waals surface area (Å²) >= 11 is 0. The number of rotatable bonds is 6. The van der Waals surface area contributed by atoms with Crippen LogP contribution < -0.4 is 0 Å². The first-order valence-corrected chi connectivity index (χ1v) is 5.15. The van der Waals surface area contributed by atoms with E-state index < -0.39 is 5.97 Å². The van der Waals surface area contributed by atoms with Crippen LogP contribution in [-0.4, -0.2) is 11.1 Å². The van der Waals surface area contributed by atoms with E-state index in [1.807, 2.05) is 6.92 Å². The second kappa shape index (κ2) is 7.36. The van der Waals surface area contributed by atoms with E-state index in [4.69, 9.17) is 5.11 Å². The van der Waals surface area contributed by atoms with Gasteiger partial charge in [-0.2, -0.15) is 0 Å². The molecule has 0 unspecified atom stereocenters. The van der Waals surface area contributed by atoms with Crippen molar-refractivity contribution in [3.8, 4) is 0 Å². The van der Waals surface area contributed by atoms with Crippen molar-refractivity contribution < 1.29 is 9.90 Å². The van der Waals surface area contributed by atoms with Crippen molar-refractivity contribution in [3.05, 3.63) is 23.8 Å². The lowest BCUT2D eigenvalue weighted by atomic mass is 10.0. The van der Waals surface area contributed by atoms with Gasteiger partial charge in [0.25, 0.3) is 0 Å². The van der Waals surface area contributed by atoms with Gasteiger partial charge in [-0.1, -0.05) is 44.4 Å². The van der Waals surface area contributed by atoms with Crippen LogP contribution in [0.5, 0.6) is 0 Å². The van der Waals surface area contributed by atoms with E-state index in [1.54, 1.807) is 6.08 Å². The molecule has 0 aliphatic heterocycles. The number of aliphatic carboxylic acids is 1. The molecule has 14 heavy (non-hydrogen) atoms. The molecule has 2 heteroatoms. The van der Waals surface area contributed by atoms with Gasteiger partial charge in [-0.25, -0.2) is 4.79 Å². The summed E-state index contributed by atoms with van der Waals surface area (Å²) in [4.78, 5) is 10.2. The Labute approximate surface area is 86.3 Å². The van der Waals surface area contributed by atoms with Crippen molar-refractivity contribution >= 4 is 5.97 Å². The quantitative estimate of drug-likeness (QED) is 0.522. The smallest absolute Gasteiger partial charge is 0.328 e. The molecule has 1 N–H and O–H groups in total. The molecular formula is C12H20O2. The Kier molecular flexibility index (Phi) is 6.81. The molecule has 0 fully saturated rings. The Bertz CT molecular complexity index is 226. The van der Waals surface area contributed by atoms with Crippen molar-refractivity contribution in [2.24, 2.45) is 5.92 Å². The molecule has 1 atom stereocenters. The minimum atomic E-state index is -0.890. The van der Waals surface area contributed by atoms with Crippen LogP contribution in [0.25, 0.3) is 0 Å². The molecule has 0 aromatic rings. The van der Waals surface area contributed by atoms with Gasteiger partial charge in [0, 0.05) is 6.08 Å². The van der Waals surface area contributed by atoms with Crippen molar-refractivity contribution in [1.29, 1.82) is 0 Å². The highest BCUT2D eigenvalue weighted by Crippen LogP contribution is 2.11. The van der Waals surface area contributed by atoms with Crippen molar-refractivity contribution in [2.45, 2.75) is 40.0 Å². The van der Waals surface area contributed by atoms with Crippen molar-refractivity contribution in [2.75, 3.05) is 0 Å². The van der Waals surface area contributed by atoms with Gasteiger partial charge in [-0.15, -0.1) is 0 Å². The summed E-state index contributed by atoms with van der Waals surface area (Å²) in [6.07, 6.45) is 8.56. The Morgan fingerprint density at radius 1 is 1.43 bits per heavy atom. The maximum atomic E-state index is 10.2. The van der Waals surface area contributed by atoms with E-state index in [1.165, 1.54) is 25.3 Å². The van der Waals surface area contributed by atoms with Crippen LogP contribution >= 0.6 is 0 Å². The molecule has 0 radical (unpaired) electrons. The summed E-state index contributed by atoms with van der Waals surface area (Å²) in [5.74, 6) is -0.354. The average Bonchev–Trinajstić information content (AvgIpc) is 2.11. The molecule has 0 spiro atoms. The van der Waals surface area contributed by atoms with Crippen LogP contribution in [-0.2, 0) is 4.79 Å². The summed E-state index contributed by atoms with van der Waals surface area (Å²) in [7, 11) is 0. The number of hydrogen-bond donors (Lipinski definition) is 1. The van der Waals surface area contributed by atoms with Gasteiger partial charge < -0.3 is 5.11 Å². The molecule has 0 heterocycles. The Morgan fingerprint density at radius 3 is 2.57 bits per heavy atom. The fourth-order valence-corrected chi connectivity index (χ4v) is 1.32. The van der Waals surface area contributed by atoms with Gasteiger partial charge in [-0.05, 0) is 19.3 Å². The lowest BCUT2D eigenvalue weighted by Gasteiger charge is -2.05. The number of hydrogen-bond acceptors (Lipinski definition) is 1. The third-order valence-electron chi connectivity index (χ3n) is 2.05. The van der Waals surface area contributed by atoms with Crippen molar-refractivity contribution in [3.63, 3.8) is 0 Å². The first-order valence-electron chi connectivity index (χ1n) is 5.15. The van der Waals surface area contributed by atoms with E-state index in [0.717, 1.165) is 5.57 Å². The molecule has 0 amide bonds. The number of allylic oxidation sites excluding steroid dienone is 3. The normalized spacial score (nSPS) is 14.6. The van der Waals surface area contributed by atoms with E-state index in [9.17, 15) is 4.79 Å². The van der Waals surface area contributed by atoms with E-state index >= 15 is 0 Å². The zero-order chi connectivity index (χ0) is 11.0. The lowest BCUT2D eigenvalue weighted by Crippen LogP contribution is -1.91. The maximum absolute atomic E-state index is 10.2. The second-order valence-electron chi connectivity index (χ2n) is 3.70. The molecule has 2 nitrogen and oxygen atoms in total. The Hall–Kier alpha value is -1.05. The predicted molar refractivity (Wildman–Crippen MR) is 59.2 cm³/mol. The number of carboxylic acids is 1. The predicted octanol–water partition coefficient (Wildman–Crippen LogP) is 3.40. The van der Waals surface area contributed by atoms with Crippen LogP contribution in [0.2, 0.25) is 0 Å². The summed E-state index contributed by atoms with van der Waals surface area (Å²) < 4.78 is 0. The van der Waals surface area contributed by atoms with E-state index in [2.05, 4.69) is 19.9 Å². The summed E-state index contributed by atoms with van der Waals surface area (Å²) in [6, 6.07) is 0. The first kappa shape index (κ1) is 12.9. The Balaban J connectivity index is 4.01. The van der Waals surface area contributed by atoms with Crippen LogP contribution in [0.4, 0.5) is 0 Å². The van der Waals surface area contributed by atoms with Crippen molar-refractivity contribution in [1.82, 2.24) is 0 Å². The molecule has 80 valence electrons. The van der Waals surface area contributed by atoms with Crippen LogP contribution in [0.15, 0.2) is 23.8 Å².